The van der Waals surface area contributed by atoms with E-state index in [9.17, 15) is 4.79 Å². The van der Waals surface area contributed by atoms with Gasteiger partial charge in [0.05, 0.1) is 12.3 Å². The van der Waals surface area contributed by atoms with Crippen molar-refractivity contribution in [1.29, 1.82) is 0 Å². The summed E-state index contributed by atoms with van der Waals surface area (Å²) in [5.74, 6) is 0. The van der Waals surface area contributed by atoms with Crippen molar-refractivity contribution in [2.75, 3.05) is 0 Å². The van der Waals surface area contributed by atoms with Gasteiger partial charge in [0, 0.05) is 11.6 Å². The monoisotopic (exact) mass is 346 g/mol. The number of benzene rings is 2. The Kier molecular flexibility index (Phi) is 6.23. The number of rotatable bonds is 7. The highest BCUT2D eigenvalue weighted by Crippen LogP contribution is 2.20. The van der Waals surface area contributed by atoms with E-state index in [-0.39, 0.29) is 6.54 Å². The van der Waals surface area contributed by atoms with Gasteiger partial charge in [-0.05, 0) is 35.7 Å². The van der Waals surface area contributed by atoms with Crippen LogP contribution in [0.2, 0.25) is 5.02 Å². The lowest BCUT2D eigenvalue weighted by molar-refractivity contribution is 0.0648. The largest absolute Gasteiger partial charge is 0.465 e. The van der Waals surface area contributed by atoms with Gasteiger partial charge >= 0.3 is 6.09 Å². The third-order valence-corrected chi connectivity index (χ3v) is 3.71. The summed E-state index contributed by atoms with van der Waals surface area (Å²) in [6.45, 7) is 6.48. The maximum absolute atomic E-state index is 10.6. The van der Waals surface area contributed by atoms with Crippen LogP contribution < -0.4 is 10.8 Å². The van der Waals surface area contributed by atoms with Crippen molar-refractivity contribution in [1.82, 2.24) is 10.8 Å². The molecular weight excluding hydrogens is 328 g/mol. The third-order valence-electron chi connectivity index (χ3n) is 3.34. The molecule has 0 aliphatic heterocycles. The molecule has 0 radical (unpaired) electrons. The van der Waals surface area contributed by atoms with Crippen molar-refractivity contribution in [3.05, 3.63) is 76.3 Å². The van der Waals surface area contributed by atoms with Crippen LogP contribution >= 0.6 is 11.6 Å². The van der Waals surface area contributed by atoms with E-state index in [0.29, 0.717) is 22.9 Å². The summed E-state index contributed by atoms with van der Waals surface area (Å²) >= 11 is 6.07. The molecule has 3 N–H and O–H groups in total. The summed E-state index contributed by atoms with van der Waals surface area (Å²) < 4.78 is 0. The molecule has 0 spiro atoms. The molecule has 0 aliphatic rings. The van der Waals surface area contributed by atoms with E-state index in [0.717, 1.165) is 11.1 Å². The summed E-state index contributed by atoms with van der Waals surface area (Å²) in [6, 6.07) is 13.3. The predicted octanol–water partition coefficient (Wildman–Crippen LogP) is 4.11. The fourth-order valence-electron chi connectivity index (χ4n) is 2.14. The van der Waals surface area contributed by atoms with E-state index >= 15 is 0 Å². The summed E-state index contributed by atoms with van der Waals surface area (Å²) in [5, 5.41) is 11.5. The van der Waals surface area contributed by atoms with Gasteiger partial charge in [0.1, 0.15) is 0 Å². The summed E-state index contributed by atoms with van der Waals surface area (Å²) in [7, 11) is 0. The molecule has 0 saturated carbocycles. The number of hydrogen-bond donors (Lipinski definition) is 3. The minimum absolute atomic E-state index is 0.124. The highest BCUT2D eigenvalue weighted by molar-refractivity contribution is 6.31. The second-order valence-electron chi connectivity index (χ2n) is 5.32. The van der Waals surface area contributed by atoms with Crippen molar-refractivity contribution in [3.63, 3.8) is 0 Å². The van der Waals surface area contributed by atoms with Gasteiger partial charge in [-0.25, -0.2) is 4.79 Å². The van der Waals surface area contributed by atoms with E-state index in [1.54, 1.807) is 18.2 Å². The molecule has 0 aliphatic carbocycles. The number of aryl methyl sites for hydroxylation is 1. The molecule has 0 atom stereocenters. The standard InChI is InChI=1S/C18H19ClN2O3/c1-12-4-3-5-14(8-12)11-24-21-13(2)15-6-7-17(19)16(9-15)10-20-18(22)23/h3-9,20-21H,2,10-11H2,1H3,(H,22,23). The van der Waals surface area contributed by atoms with Crippen LogP contribution in [0.4, 0.5) is 4.79 Å². The Bertz CT molecular complexity index is 747. The number of carbonyl (C=O) groups is 1. The number of hydroxylamine groups is 1. The zero-order valence-electron chi connectivity index (χ0n) is 13.3. The minimum atomic E-state index is -1.10. The van der Waals surface area contributed by atoms with Gasteiger partial charge in [-0.15, -0.1) is 0 Å². The quantitative estimate of drug-likeness (QED) is 0.660. The lowest BCUT2D eigenvalue weighted by atomic mass is 10.1. The van der Waals surface area contributed by atoms with E-state index in [2.05, 4.69) is 17.4 Å². The Morgan fingerprint density at radius 1 is 1.29 bits per heavy atom. The van der Waals surface area contributed by atoms with E-state index < -0.39 is 6.09 Å². The molecule has 5 nitrogen and oxygen atoms in total. The van der Waals surface area contributed by atoms with Gasteiger partial charge in [-0.1, -0.05) is 54.1 Å². The van der Waals surface area contributed by atoms with Crippen molar-refractivity contribution in [3.8, 4) is 0 Å². The molecule has 0 heterocycles. The smallest absolute Gasteiger partial charge is 0.404 e. The molecule has 24 heavy (non-hydrogen) atoms. The molecule has 2 aromatic rings. The molecule has 6 heteroatoms. The van der Waals surface area contributed by atoms with E-state index in [4.69, 9.17) is 21.5 Å². The average Bonchev–Trinajstić information content (AvgIpc) is 2.54. The topological polar surface area (TPSA) is 70.6 Å². The normalized spacial score (nSPS) is 10.2. The zero-order valence-corrected chi connectivity index (χ0v) is 14.1. The summed E-state index contributed by atoms with van der Waals surface area (Å²) in [4.78, 5) is 16.1. The second-order valence-corrected chi connectivity index (χ2v) is 5.73. The van der Waals surface area contributed by atoms with Gasteiger partial charge in [0.2, 0.25) is 0 Å². The fourth-order valence-corrected chi connectivity index (χ4v) is 2.32. The van der Waals surface area contributed by atoms with Crippen LogP contribution in [0, 0.1) is 6.92 Å². The molecule has 2 aromatic carbocycles. The maximum atomic E-state index is 10.6. The van der Waals surface area contributed by atoms with E-state index in [1.807, 2.05) is 31.2 Å². The Balaban J connectivity index is 1.94. The molecule has 2 rings (SSSR count). The first-order valence-electron chi connectivity index (χ1n) is 7.33. The van der Waals surface area contributed by atoms with Crippen LogP contribution in [-0.4, -0.2) is 11.2 Å². The first-order valence-corrected chi connectivity index (χ1v) is 7.71. The molecule has 0 saturated heterocycles. The highest BCUT2D eigenvalue weighted by atomic mass is 35.5. The first-order chi connectivity index (χ1) is 11.5. The van der Waals surface area contributed by atoms with Gasteiger partial charge in [0.15, 0.2) is 0 Å². The molecule has 1 amide bonds. The Labute approximate surface area is 145 Å². The maximum Gasteiger partial charge on any atom is 0.404 e. The number of nitrogens with one attached hydrogen (secondary N) is 2. The van der Waals surface area contributed by atoms with Gasteiger partial charge < -0.3 is 10.4 Å². The van der Waals surface area contributed by atoms with Crippen LogP contribution in [0.25, 0.3) is 5.70 Å². The van der Waals surface area contributed by atoms with Crippen LogP contribution in [0.15, 0.2) is 49.0 Å². The van der Waals surface area contributed by atoms with Crippen LogP contribution in [0.5, 0.6) is 0 Å². The number of halogens is 1. The summed E-state index contributed by atoms with van der Waals surface area (Å²) in [5.41, 5.74) is 7.03. The van der Waals surface area contributed by atoms with Crippen LogP contribution in [0.1, 0.15) is 22.3 Å². The van der Waals surface area contributed by atoms with Crippen molar-refractivity contribution >= 4 is 23.4 Å². The number of amides is 1. The molecule has 0 fully saturated rings. The van der Waals surface area contributed by atoms with Gasteiger partial charge in [0.25, 0.3) is 0 Å². The fraction of sp³-hybridized carbons (Fsp3) is 0.167. The van der Waals surface area contributed by atoms with Crippen molar-refractivity contribution in [2.24, 2.45) is 0 Å². The zero-order chi connectivity index (χ0) is 17.5. The average molecular weight is 347 g/mol. The second kappa shape index (κ2) is 8.38. The highest BCUT2D eigenvalue weighted by Gasteiger charge is 2.06. The minimum Gasteiger partial charge on any atom is -0.465 e. The SMILES string of the molecule is C=C(NOCc1cccc(C)c1)c1ccc(Cl)c(CNC(=O)O)c1. The first kappa shape index (κ1) is 17.8. The third kappa shape index (κ3) is 5.30. The summed E-state index contributed by atoms with van der Waals surface area (Å²) in [6.07, 6.45) is -1.10. The molecule has 126 valence electrons. The molecule has 0 aromatic heterocycles. The molecule has 0 unspecified atom stereocenters. The van der Waals surface area contributed by atoms with Crippen LogP contribution in [-0.2, 0) is 18.0 Å². The van der Waals surface area contributed by atoms with Gasteiger partial charge in [-0.2, -0.15) is 0 Å². The Morgan fingerprint density at radius 3 is 2.79 bits per heavy atom. The molecular formula is C18H19ClN2O3. The number of carboxylic acid groups (broad SMARTS) is 1. The number of hydrogen-bond acceptors (Lipinski definition) is 3. The lowest BCUT2D eigenvalue weighted by Crippen LogP contribution is -2.20. The van der Waals surface area contributed by atoms with E-state index in [1.165, 1.54) is 5.56 Å². The van der Waals surface area contributed by atoms with Crippen molar-refractivity contribution < 1.29 is 14.7 Å². The van der Waals surface area contributed by atoms with Gasteiger partial charge in [-0.3, -0.25) is 10.3 Å². The van der Waals surface area contributed by atoms with Crippen molar-refractivity contribution in [2.45, 2.75) is 20.1 Å². The Hall–Kier alpha value is -2.50. The lowest BCUT2D eigenvalue weighted by Gasteiger charge is -2.12. The Morgan fingerprint density at radius 2 is 2.08 bits per heavy atom. The molecule has 0 bridgehead atoms. The predicted molar refractivity (Wildman–Crippen MR) is 94.5 cm³/mol. The van der Waals surface area contributed by atoms with Crippen LogP contribution in [0.3, 0.4) is 0 Å².